The Bertz CT molecular complexity index is 699. The highest BCUT2D eigenvalue weighted by molar-refractivity contribution is 8.03. The fourth-order valence-electron chi connectivity index (χ4n) is 1.98. The van der Waals surface area contributed by atoms with E-state index in [1.54, 1.807) is 23.9 Å². The van der Waals surface area contributed by atoms with Gasteiger partial charge in [0.1, 0.15) is 5.75 Å². The van der Waals surface area contributed by atoms with Gasteiger partial charge in [-0.15, -0.1) is 10.2 Å². The second kappa shape index (κ2) is 12.1. The average molecular weight is 434 g/mol. The van der Waals surface area contributed by atoms with Crippen LogP contribution in [0.1, 0.15) is 25.3 Å². The fourth-order valence-corrected chi connectivity index (χ4v) is 4.98. The van der Waals surface area contributed by atoms with Crippen molar-refractivity contribution in [1.82, 2.24) is 15.5 Å². The van der Waals surface area contributed by atoms with Crippen molar-refractivity contribution < 1.29 is 18.3 Å². The van der Waals surface area contributed by atoms with Gasteiger partial charge in [-0.2, -0.15) is 8.78 Å². The largest absolute Gasteiger partial charge is 0.435 e. The summed E-state index contributed by atoms with van der Waals surface area (Å²) in [4.78, 5) is 11.9. The molecule has 0 unspecified atom stereocenters. The second-order valence-electron chi connectivity index (χ2n) is 5.45. The van der Waals surface area contributed by atoms with Gasteiger partial charge in [0, 0.05) is 12.3 Å². The van der Waals surface area contributed by atoms with E-state index >= 15 is 0 Å². The van der Waals surface area contributed by atoms with Crippen molar-refractivity contribution >= 4 is 40.8 Å². The smallest absolute Gasteiger partial charge is 0.387 e. The van der Waals surface area contributed by atoms with Crippen LogP contribution in [0.4, 0.5) is 8.78 Å². The van der Waals surface area contributed by atoms with Gasteiger partial charge in [-0.3, -0.25) is 4.79 Å². The van der Waals surface area contributed by atoms with Crippen LogP contribution >= 0.6 is 34.9 Å². The lowest BCUT2D eigenvalue weighted by Crippen LogP contribution is -2.27. The molecule has 0 radical (unpaired) electrons. The highest BCUT2D eigenvalue weighted by atomic mass is 32.2. The van der Waals surface area contributed by atoms with Gasteiger partial charge in [-0.05, 0) is 30.5 Å². The molecule has 0 aliphatic rings. The van der Waals surface area contributed by atoms with Crippen molar-refractivity contribution in [3.05, 3.63) is 29.8 Å². The maximum Gasteiger partial charge on any atom is 0.387 e. The molecule has 5 nitrogen and oxygen atoms in total. The number of halogens is 2. The molecule has 1 aromatic heterocycles. The maximum atomic E-state index is 12.1. The Labute approximate surface area is 169 Å². The molecule has 1 amide bonds. The number of hydrogen-bond acceptors (Lipinski definition) is 7. The SMILES string of the molecule is CCCCSc1nnc(SCC(=O)NCCc2ccc(OC(F)F)cc2)s1. The number of aromatic nitrogens is 2. The third-order valence-electron chi connectivity index (χ3n) is 3.32. The topological polar surface area (TPSA) is 64.1 Å². The first-order chi connectivity index (χ1) is 13.1. The van der Waals surface area contributed by atoms with Crippen LogP contribution in [-0.2, 0) is 11.2 Å². The number of thioether (sulfide) groups is 2. The van der Waals surface area contributed by atoms with Gasteiger partial charge in [0.25, 0.3) is 0 Å². The summed E-state index contributed by atoms with van der Waals surface area (Å²) in [6.45, 7) is -0.202. The van der Waals surface area contributed by atoms with Crippen LogP contribution in [0.2, 0.25) is 0 Å². The number of hydrogen-bond donors (Lipinski definition) is 1. The van der Waals surface area contributed by atoms with E-state index < -0.39 is 6.61 Å². The highest BCUT2D eigenvalue weighted by Crippen LogP contribution is 2.29. The van der Waals surface area contributed by atoms with E-state index in [1.807, 2.05) is 0 Å². The minimum atomic E-state index is -2.83. The molecule has 0 fully saturated rings. The molecule has 2 rings (SSSR count). The van der Waals surface area contributed by atoms with Crippen molar-refractivity contribution in [3.8, 4) is 5.75 Å². The Kier molecular flexibility index (Phi) is 9.85. The molecule has 0 spiro atoms. The average Bonchev–Trinajstić information content (AvgIpc) is 3.09. The van der Waals surface area contributed by atoms with Gasteiger partial charge in [0.2, 0.25) is 5.91 Å². The normalized spacial score (nSPS) is 11.0. The molecule has 0 bridgehead atoms. The number of nitrogens with one attached hydrogen (secondary N) is 1. The number of rotatable bonds is 12. The Morgan fingerprint density at radius 1 is 1.22 bits per heavy atom. The molecule has 1 aromatic carbocycles. The number of nitrogens with zero attached hydrogens (tertiary/aromatic N) is 2. The summed E-state index contributed by atoms with van der Waals surface area (Å²) >= 11 is 4.58. The zero-order valence-electron chi connectivity index (χ0n) is 14.8. The van der Waals surface area contributed by atoms with E-state index in [1.165, 1.54) is 35.2 Å². The predicted octanol–water partition coefficient (Wildman–Crippen LogP) is 4.48. The van der Waals surface area contributed by atoms with Crippen molar-refractivity contribution in [2.24, 2.45) is 0 Å². The van der Waals surface area contributed by atoms with Crippen LogP contribution in [0.3, 0.4) is 0 Å². The zero-order chi connectivity index (χ0) is 19.5. The number of unbranched alkanes of at least 4 members (excludes halogenated alkanes) is 1. The van der Waals surface area contributed by atoms with Gasteiger partial charge in [-0.25, -0.2) is 0 Å². The van der Waals surface area contributed by atoms with E-state index in [4.69, 9.17) is 0 Å². The van der Waals surface area contributed by atoms with Crippen LogP contribution in [0.15, 0.2) is 32.9 Å². The highest BCUT2D eigenvalue weighted by Gasteiger charge is 2.09. The Balaban J connectivity index is 1.63. The van der Waals surface area contributed by atoms with Crippen molar-refractivity contribution in [2.75, 3.05) is 18.1 Å². The maximum absolute atomic E-state index is 12.1. The van der Waals surface area contributed by atoms with Crippen molar-refractivity contribution in [3.63, 3.8) is 0 Å². The standard InChI is InChI=1S/C17H21F2N3O2S3/c1-2-3-10-25-16-21-22-17(27-16)26-11-14(23)20-9-8-12-4-6-13(7-5-12)24-15(18)19/h4-7,15H,2-3,8-11H2,1H3,(H,20,23). The number of benzene rings is 1. The first-order valence-electron chi connectivity index (χ1n) is 8.46. The summed E-state index contributed by atoms with van der Waals surface area (Å²) < 4.78 is 30.2. The summed E-state index contributed by atoms with van der Waals surface area (Å²) in [6, 6.07) is 6.39. The Hall–Kier alpha value is -1.39. The van der Waals surface area contributed by atoms with Crippen LogP contribution in [0.5, 0.6) is 5.75 Å². The molecule has 148 valence electrons. The summed E-state index contributed by atoms with van der Waals surface area (Å²) in [5.41, 5.74) is 0.933. The third-order valence-corrected chi connectivity index (χ3v) is 6.60. The summed E-state index contributed by atoms with van der Waals surface area (Å²) in [5.74, 6) is 1.37. The minimum Gasteiger partial charge on any atom is -0.435 e. The quantitative estimate of drug-likeness (QED) is 0.393. The molecule has 2 aromatic rings. The lowest BCUT2D eigenvalue weighted by molar-refractivity contribution is -0.118. The van der Waals surface area contributed by atoms with Crippen LogP contribution in [0.25, 0.3) is 0 Å². The third kappa shape index (κ3) is 8.89. The van der Waals surface area contributed by atoms with Crippen molar-refractivity contribution in [2.45, 2.75) is 41.5 Å². The Morgan fingerprint density at radius 3 is 2.59 bits per heavy atom. The van der Waals surface area contributed by atoms with Gasteiger partial charge in [0.05, 0.1) is 5.75 Å². The number of amides is 1. The molecule has 27 heavy (non-hydrogen) atoms. The summed E-state index contributed by atoms with van der Waals surface area (Å²) in [7, 11) is 0. The minimum absolute atomic E-state index is 0.0759. The van der Waals surface area contributed by atoms with Gasteiger partial charge in [0.15, 0.2) is 8.68 Å². The number of carbonyl (C=O) groups excluding carboxylic acids is 1. The predicted molar refractivity (Wildman–Crippen MR) is 106 cm³/mol. The second-order valence-corrected chi connectivity index (χ2v) is 8.99. The van der Waals surface area contributed by atoms with Gasteiger partial charge in [-0.1, -0.05) is 60.3 Å². The van der Waals surface area contributed by atoms with E-state index in [2.05, 4.69) is 27.2 Å². The zero-order valence-corrected chi connectivity index (χ0v) is 17.3. The molecule has 10 heteroatoms. The molecule has 0 saturated carbocycles. The monoisotopic (exact) mass is 433 g/mol. The summed E-state index contributed by atoms with van der Waals surface area (Å²) in [5, 5.41) is 11.0. The molecule has 1 N–H and O–H groups in total. The lowest BCUT2D eigenvalue weighted by atomic mass is 10.1. The first kappa shape index (κ1) is 21.9. The van der Waals surface area contributed by atoms with E-state index in [0.29, 0.717) is 13.0 Å². The fraction of sp³-hybridized carbons (Fsp3) is 0.471. The van der Waals surface area contributed by atoms with E-state index in [9.17, 15) is 13.6 Å². The van der Waals surface area contributed by atoms with Crippen LogP contribution in [0, 0.1) is 0 Å². The van der Waals surface area contributed by atoms with Gasteiger partial charge < -0.3 is 10.1 Å². The van der Waals surface area contributed by atoms with Crippen LogP contribution in [-0.4, -0.2) is 40.8 Å². The number of carbonyl (C=O) groups is 1. The van der Waals surface area contributed by atoms with E-state index in [-0.39, 0.29) is 17.4 Å². The lowest BCUT2D eigenvalue weighted by Gasteiger charge is -2.07. The van der Waals surface area contributed by atoms with Gasteiger partial charge >= 0.3 is 6.61 Å². The van der Waals surface area contributed by atoms with Crippen molar-refractivity contribution in [1.29, 1.82) is 0 Å². The molecule has 1 heterocycles. The Morgan fingerprint density at radius 2 is 1.93 bits per heavy atom. The molecule has 0 aliphatic heterocycles. The molecular weight excluding hydrogens is 412 g/mol. The number of ether oxygens (including phenoxy) is 1. The van der Waals surface area contributed by atoms with Crippen LogP contribution < -0.4 is 10.1 Å². The summed E-state index contributed by atoms with van der Waals surface area (Å²) in [6.07, 6.45) is 2.92. The first-order valence-corrected chi connectivity index (χ1v) is 11.2. The molecular formula is C17H21F2N3O2S3. The number of alkyl halides is 2. The molecule has 0 atom stereocenters. The van der Waals surface area contributed by atoms with E-state index in [0.717, 1.165) is 32.8 Å². The molecule has 0 aliphatic carbocycles. The molecule has 0 saturated heterocycles.